The summed E-state index contributed by atoms with van der Waals surface area (Å²) in [6, 6.07) is 15.4. The van der Waals surface area contributed by atoms with Gasteiger partial charge in [0.05, 0.1) is 5.25 Å². The minimum absolute atomic E-state index is 0.0834. The molecule has 0 saturated heterocycles. The number of ether oxygens (including phenoxy) is 2. The molecule has 1 amide bonds. The summed E-state index contributed by atoms with van der Waals surface area (Å²) in [4.78, 5) is 12.6. The molecule has 2 aromatic carbocycles. The zero-order valence-corrected chi connectivity index (χ0v) is 18.0. The molecule has 1 aliphatic heterocycles. The number of hydrogen-bond donors (Lipinski definition) is 1. The van der Waals surface area contributed by atoms with Crippen LogP contribution in [-0.2, 0) is 18.3 Å². The van der Waals surface area contributed by atoms with E-state index in [0.717, 1.165) is 17.9 Å². The van der Waals surface area contributed by atoms with Gasteiger partial charge in [0.15, 0.2) is 28.6 Å². The van der Waals surface area contributed by atoms with Crippen LogP contribution in [0.15, 0.2) is 53.7 Å². The van der Waals surface area contributed by atoms with Crippen LogP contribution in [0.4, 0.5) is 5.69 Å². The number of benzene rings is 2. The van der Waals surface area contributed by atoms with Crippen LogP contribution in [0.2, 0.25) is 0 Å². The van der Waals surface area contributed by atoms with E-state index < -0.39 is 0 Å². The van der Waals surface area contributed by atoms with Crippen molar-refractivity contribution in [1.29, 1.82) is 0 Å². The molecule has 156 valence electrons. The second-order valence-electron chi connectivity index (χ2n) is 7.06. The number of aromatic nitrogens is 3. The minimum atomic E-state index is -0.354. The highest BCUT2D eigenvalue weighted by molar-refractivity contribution is 8.00. The summed E-state index contributed by atoms with van der Waals surface area (Å²) in [7, 11) is 1.87. The summed E-state index contributed by atoms with van der Waals surface area (Å²) in [5.74, 6) is 1.99. The maximum atomic E-state index is 12.6. The number of hydrogen-bond acceptors (Lipinski definition) is 6. The molecule has 4 rings (SSSR count). The van der Waals surface area contributed by atoms with E-state index in [2.05, 4.69) is 22.4 Å². The Morgan fingerprint density at radius 2 is 1.93 bits per heavy atom. The minimum Gasteiger partial charge on any atom is -0.485 e. The average Bonchev–Trinajstić information content (AvgIpc) is 3.13. The molecule has 1 N–H and O–H groups in total. The average molecular weight is 425 g/mol. The molecule has 2 heterocycles. The van der Waals surface area contributed by atoms with Crippen molar-refractivity contribution in [2.24, 2.45) is 7.05 Å². The smallest absolute Gasteiger partial charge is 0.237 e. The van der Waals surface area contributed by atoms with Crippen molar-refractivity contribution in [1.82, 2.24) is 14.8 Å². The van der Waals surface area contributed by atoms with Gasteiger partial charge in [0.25, 0.3) is 0 Å². The number of para-hydroxylation sites is 2. The quantitative estimate of drug-likeness (QED) is 0.603. The molecule has 3 aromatic rings. The van der Waals surface area contributed by atoms with Crippen molar-refractivity contribution in [2.75, 3.05) is 11.9 Å². The second-order valence-corrected chi connectivity index (χ2v) is 8.37. The summed E-state index contributed by atoms with van der Waals surface area (Å²) < 4.78 is 13.7. The van der Waals surface area contributed by atoms with E-state index in [9.17, 15) is 4.79 Å². The Morgan fingerprint density at radius 3 is 2.67 bits per heavy atom. The molecule has 0 spiro atoms. The van der Waals surface area contributed by atoms with Gasteiger partial charge in [0.2, 0.25) is 5.91 Å². The van der Waals surface area contributed by atoms with Gasteiger partial charge in [-0.25, -0.2) is 0 Å². The number of rotatable bonds is 6. The highest BCUT2D eigenvalue weighted by Gasteiger charge is 2.28. The zero-order valence-electron chi connectivity index (χ0n) is 17.2. The predicted octanol–water partition coefficient (Wildman–Crippen LogP) is 4.01. The molecular formula is C22H24N4O3S. The lowest BCUT2D eigenvalue weighted by Crippen LogP contribution is -2.25. The largest absolute Gasteiger partial charge is 0.485 e. The Labute approximate surface area is 179 Å². The van der Waals surface area contributed by atoms with Crippen LogP contribution in [0.5, 0.6) is 11.5 Å². The molecule has 0 saturated carbocycles. The molecule has 0 radical (unpaired) electrons. The predicted molar refractivity (Wildman–Crippen MR) is 116 cm³/mol. The molecule has 8 heteroatoms. The van der Waals surface area contributed by atoms with Gasteiger partial charge in [-0.15, -0.1) is 10.2 Å². The number of anilines is 1. The number of nitrogens with zero attached hydrogens (tertiary/aromatic N) is 3. The van der Waals surface area contributed by atoms with Gasteiger partial charge >= 0.3 is 0 Å². The van der Waals surface area contributed by atoms with E-state index in [1.54, 1.807) is 0 Å². The number of aryl methyl sites for hydroxylation is 1. The van der Waals surface area contributed by atoms with E-state index in [-0.39, 0.29) is 17.3 Å². The molecule has 0 bridgehead atoms. The normalized spacial score (nSPS) is 16.2. The lowest BCUT2D eigenvalue weighted by molar-refractivity contribution is -0.115. The Kier molecular flexibility index (Phi) is 5.94. The SMILES string of the molecule is CCc1ccc(NC(=O)[C@@H](C)Sc2nnc([C@H]3COc4ccccc4O3)n2C)cc1. The number of carbonyl (C=O) groups is 1. The van der Waals surface area contributed by atoms with Gasteiger partial charge in [-0.05, 0) is 43.2 Å². The van der Waals surface area contributed by atoms with Gasteiger partial charge in [-0.2, -0.15) is 0 Å². The molecule has 0 aliphatic carbocycles. The Balaban J connectivity index is 1.40. The maximum absolute atomic E-state index is 12.6. The van der Waals surface area contributed by atoms with E-state index in [0.29, 0.717) is 23.3 Å². The maximum Gasteiger partial charge on any atom is 0.237 e. The van der Waals surface area contributed by atoms with Crippen LogP contribution >= 0.6 is 11.8 Å². The lowest BCUT2D eigenvalue weighted by atomic mass is 10.1. The fourth-order valence-electron chi connectivity index (χ4n) is 3.14. The highest BCUT2D eigenvalue weighted by atomic mass is 32.2. The molecule has 0 unspecified atom stereocenters. The third-order valence-electron chi connectivity index (χ3n) is 4.95. The number of fused-ring (bicyclic) bond motifs is 1. The van der Waals surface area contributed by atoms with Crippen molar-refractivity contribution in [2.45, 2.75) is 36.8 Å². The van der Waals surface area contributed by atoms with Gasteiger partial charge in [0.1, 0.15) is 6.61 Å². The topological polar surface area (TPSA) is 78.3 Å². The summed E-state index contributed by atoms with van der Waals surface area (Å²) in [6.45, 7) is 4.31. The van der Waals surface area contributed by atoms with Crippen LogP contribution in [0.3, 0.4) is 0 Å². The molecule has 2 atom stereocenters. The standard InChI is InChI=1S/C22H24N4O3S/c1-4-15-9-11-16(12-10-15)23-21(27)14(2)30-22-25-24-20(26(22)3)19-13-28-17-7-5-6-8-18(17)29-19/h5-12,14,19H,4,13H2,1-3H3,(H,23,27)/t14-,19-/m1/s1. The molecule has 1 aromatic heterocycles. The van der Waals surface area contributed by atoms with E-state index >= 15 is 0 Å². The van der Waals surface area contributed by atoms with Crippen LogP contribution in [0.25, 0.3) is 0 Å². The summed E-state index contributed by atoms with van der Waals surface area (Å²) in [5, 5.41) is 11.8. The number of amides is 1. The van der Waals surface area contributed by atoms with Crippen molar-refractivity contribution in [3.8, 4) is 11.5 Å². The molecular weight excluding hydrogens is 400 g/mol. The van der Waals surface area contributed by atoms with Crippen LogP contribution in [-0.4, -0.2) is 32.5 Å². The fourth-order valence-corrected chi connectivity index (χ4v) is 3.96. The van der Waals surface area contributed by atoms with Gasteiger partial charge in [0, 0.05) is 12.7 Å². The third-order valence-corrected chi connectivity index (χ3v) is 6.08. The first-order valence-electron chi connectivity index (χ1n) is 9.89. The number of nitrogens with one attached hydrogen (secondary N) is 1. The lowest BCUT2D eigenvalue weighted by Gasteiger charge is -2.25. The van der Waals surface area contributed by atoms with E-state index in [4.69, 9.17) is 9.47 Å². The molecule has 7 nitrogen and oxygen atoms in total. The monoisotopic (exact) mass is 424 g/mol. The Morgan fingerprint density at radius 1 is 1.20 bits per heavy atom. The molecule has 0 fully saturated rings. The van der Waals surface area contributed by atoms with Gasteiger partial charge < -0.3 is 19.4 Å². The van der Waals surface area contributed by atoms with E-state index in [1.165, 1.54) is 17.3 Å². The first-order valence-corrected chi connectivity index (χ1v) is 10.8. The van der Waals surface area contributed by atoms with Crippen LogP contribution in [0.1, 0.15) is 31.3 Å². The van der Waals surface area contributed by atoms with Crippen molar-refractivity contribution in [3.05, 3.63) is 59.9 Å². The first kappa shape index (κ1) is 20.3. The summed E-state index contributed by atoms with van der Waals surface area (Å²) >= 11 is 1.36. The summed E-state index contributed by atoms with van der Waals surface area (Å²) in [6.07, 6.45) is 0.615. The van der Waals surface area contributed by atoms with Gasteiger partial charge in [-0.1, -0.05) is 43.0 Å². The van der Waals surface area contributed by atoms with Crippen LogP contribution < -0.4 is 14.8 Å². The number of thioether (sulfide) groups is 1. The first-order chi connectivity index (χ1) is 14.5. The molecule has 30 heavy (non-hydrogen) atoms. The molecule has 1 aliphatic rings. The van der Waals surface area contributed by atoms with E-state index in [1.807, 2.05) is 67.1 Å². The van der Waals surface area contributed by atoms with Gasteiger partial charge in [-0.3, -0.25) is 4.79 Å². The Bertz CT molecular complexity index is 1040. The highest BCUT2D eigenvalue weighted by Crippen LogP contribution is 2.36. The van der Waals surface area contributed by atoms with Crippen molar-refractivity contribution >= 4 is 23.4 Å². The fraction of sp³-hybridized carbons (Fsp3) is 0.318. The number of carbonyl (C=O) groups excluding carboxylic acids is 1. The van der Waals surface area contributed by atoms with Crippen molar-refractivity contribution in [3.63, 3.8) is 0 Å². The Hall–Kier alpha value is -3.00. The second kappa shape index (κ2) is 8.79. The zero-order chi connectivity index (χ0) is 21.1. The van der Waals surface area contributed by atoms with Crippen LogP contribution in [0, 0.1) is 0 Å². The third kappa shape index (κ3) is 4.28. The van der Waals surface area contributed by atoms with Crippen molar-refractivity contribution < 1.29 is 14.3 Å². The summed E-state index contributed by atoms with van der Waals surface area (Å²) in [5.41, 5.74) is 2.02.